The van der Waals surface area contributed by atoms with Crippen LogP contribution >= 0.6 is 0 Å². The maximum atomic E-state index is 3.60. The zero-order valence-corrected chi connectivity index (χ0v) is 12.6. The van der Waals surface area contributed by atoms with E-state index in [1.807, 2.05) is 0 Å². The summed E-state index contributed by atoms with van der Waals surface area (Å²) < 4.78 is 0. The molecule has 0 amide bonds. The van der Waals surface area contributed by atoms with E-state index in [2.05, 4.69) is 31.0 Å². The first-order chi connectivity index (χ1) is 8.66. The summed E-state index contributed by atoms with van der Waals surface area (Å²) in [5.74, 6) is 2.55. The van der Waals surface area contributed by atoms with Gasteiger partial charge in [-0.25, -0.2) is 0 Å². The smallest absolute Gasteiger partial charge is 0.00954 e. The van der Waals surface area contributed by atoms with E-state index in [1.165, 1.54) is 58.3 Å². The molecule has 3 unspecified atom stereocenters. The number of nitrogens with zero attached hydrogens (tertiary/aromatic N) is 1. The Morgan fingerprint density at radius 2 is 1.50 bits per heavy atom. The predicted octanol–water partition coefficient (Wildman–Crippen LogP) is 3.13. The Bertz CT molecular complexity index is 223. The van der Waals surface area contributed by atoms with Gasteiger partial charge in [-0.3, -0.25) is 4.90 Å². The Balaban J connectivity index is 1.93. The monoisotopic (exact) mass is 252 g/mol. The molecule has 0 aromatic carbocycles. The molecule has 2 rings (SSSR count). The summed E-state index contributed by atoms with van der Waals surface area (Å²) in [6.07, 6.45) is 7.35. The van der Waals surface area contributed by atoms with Gasteiger partial charge < -0.3 is 5.32 Å². The third-order valence-electron chi connectivity index (χ3n) is 4.99. The van der Waals surface area contributed by atoms with Crippen molar-refractivity contribution < 1.29 is 0 Å². The Morgan fingerprint density at radius 3 is 2.06 bits per heavy atom. The van der Waals surface area contributed by atoms with Gasteiger partial charge in [0.05, 0.1) is 0 Å². The fourth-order valence-electron chi connectivity index (χ4n) is 3.83. The van der Waals surface area contributed by atoms with Crippen LogP contribution in [-0.2, 0) is 0 Å². The van der Waals surface area contributed by atoms with Crippen LogP contribution in [0.2, 0.25) is 0 Å². The van der Waals surface area contributed by atoms with Crippen molar-refractivity contribution in [3.05, 3.63) is 0 Å². The van der Waals surface area contributed by atoms with E-state index >= 15 is 0 Å². The molecule has 1 saturated heterocycles. The van der Waals surface area contributed by atoms with Crippen molar-refractivity contribution >= 4 is 0 Å². The zero-order valence-electron chi connectivity index (χ0n) is 12.6. The normalized spacial score (nSPS) is 34.8. The molecular weight excluding hydrogens is 220 g/mol. The van der Waals surface area contributed by atoms with Crippen LogP contribution in [0.1, 0.15) is 52.9 Å². The highest BCUT2D eigenvalue weighted by Crippen LogP contribution is 2.29. The number of hydrogen-bond donors (Lipinski definition) is 1. The summed E-state index contributed by atoms with van der Waals surface area (Å²) >= 11 is 0. The van der Waals surface area contributed by atoms with E-state index in [4.69, 9.17) is 0 Å². The summed E-state index contributed by atoms with van der Waals surface area (Å²) in [5, 5.41) is 3.60. The van der Waals surface area contributed by atoms with E-state index in [-0.39, 0.29) is 0 Å². The van der Waals surface area contributed by atoms with Crippen LogP contribution in [0.4, 0.5) is 0 Å². The van der Waals surface area contributed by atoms with E-state index < -0.39 is 0 Å². The van der Waals surface area contributed by atoms with Crippen molar-refractivity contribution in [2.45, 2.75) is 58.9 Å². The molecule has 1 heterocycles. The summed E-state index contributed by atoms with van der Waals surface area (Å²) in [7, 11) is 0. The van der Waals surface area contributed by atoms with Gasteiger partial charge in [-0.15, -0.1) is 0 Å². The molecule has 0 radical (unpaired) electrons. The van der Waals surface area contributed by atoms with Gasteiger partial charge >= 0.3 is 0 Å². The minimum Gasteiger partial charge on any atom is -0.316 e. The number of hydrogen-bond acceptors (Lipinski definition) is 2. The van der Waals surface area contributed by atoms with Gasteiger partial charge in [0.15, 0.2) is 0 Å². The minimum absolute atomic E-state index is 0.795. The zero-order chi connectivity index (χ0) is 13.0. The summed E-state index contributed by atoms with van der Waals surface area (Å²) in [4.78, 5) is 2.80. The second kappa shape index (κ2) is 6.91. The highest BCUT2D eigenvalue weighted by Gasteiger charge is 2.27. The highest BCUT2D eigenvalue weighted by molar-refractivity contribution is 4.82. The summed E-state index contributed by atoms with van der Waals surface area (Å²) in [6.45, 7) is 12.2. The second-order valence-electron chi connectivity index (χ2n) is 6.96. The van der Waals surface area contributed by atoms with Crippen molar-refractivity contribution in [1.29, 1.82) is 0 Å². The van der Waals surface area contributed by atoms with Crippen LogP contribution in [0.3, 0.4) is 0 Å². The third kappa shape index (κ3) is 3.96. The lowest BCUT2D eigenvalue weighted by atomic mass is 9.83. The van der Waals surface area contributed by atoms with Crippen LogP contribution in [0.5, 0.6) is 0 Å². The average molecular weight is 252 g/mol. The van der Waals surface area contributed by atoms with E-state index in [9.17, 15) is 0 Å². The fraction of sp³-hybridized carbons (Fsp3) is 1.00. The van der Waals surface area contributed by atoms with Crippen LogP contribution in [-0.4, -0.2) is 37.1 Å². The maximum Gasteiger partial charge on any atom is 0.00954 e. The molecule has 1 saturated carbocycles. The van der Waals surface area contributed by atoms with Crippen molar-refractivity contribution in [1.82, 2.24) is 10.2 Å². The van der Waals surface area contributed by atoms with E-state index in [0.29, 0.717) is 0 Å². The lowest BCUT2D eigenvalue weighted by Gasteiger charge is -2.40. The fourth-order valence-corrected chi connectivity index (χ4v) is 3.83. The molecule has 2 nitrogen and oxygen atoms in total. The molecule has 2 heteroatoms. The van der Waals surface area contributed by atoms with Gasteiger partial charge in [0.1, 0.15) is 0 Å². The first kappa shape index (κ1) is 14.3. The molecular formula is C16H32N2. The molecule has 0 aromatic heterocycles. The van der Waals surface area contributed by atoms with Crippen LogP contribution in [0.15, 0.2) is 0 Å². The summed E-state index contributed by atoms with van der Waals surface area (Å²) in [6, 6.07) is 0.799. The highest BCUT2D eigenvalue weighted by atomic mass is 15.2. The van der Waals surface area contributed by atoms with Gasteiger partial charge in [-0.1, -0.05) is 33.1 Å². The standard InChI is InChI=1S/C16H32N2/c1-13-9-17-10-14(2)12-18(11-13)15(3)16-7-5-4-6-8-16/h13-17H,4-12H2,1-3H3. The van der Waals surface area contributed by atoms with Gasteiger partial charge in [-0.2, -0.15) is 0 Å². The Hall–Kier alpha value is -0.0800. The van der Waals surface area contributed by atoms with Crippen molar-refractivity contribution in [3.8, 4) is 0 Å². The van der Waals surface area contributed by atoms with Gasteiger partial charge in [0, 0.05) is 19.1 Å². The van der Waals surface area contributed by atoms with E-state index in [1.54, 1.807) is 0 Å². The second-order valence-corrected chi connectivity index (χ2v) is 6.96. The predicted molar refractivity (Wildman–Crippen MR) is 78.8 cm³/mol. The molecule has 106 valence electrons. The Morgan fingerprint density at radius 1 is 0.944 bits per heavy atom. The molecule has 0 spiro atoms. The summed E-state index contributed by atoms with van der Waals surface area (Å²) in [5.41, 5.74) is 0. The average Bonchev–Trinajstić information content (AvgIpc) is 2.36. The maximum absolute atomic E-state index is 3.60. The molecule has 1 N–H and O–H groups in total. The largest absolute Gasteiger partial charge is 0.316 e. The lowest BCUT2D eigenvalue weighted by molar-refractivity contribution is 0.0899. The van der Waals surface area contributed by atoms with Crippen molar-refractivity contribution in [2.75, 3.05) is 26.2 Å². The quantitative estimate of drug-likeness (QED) is 0.812. The Labute approximate surface area is 114 Å². The molecule has 0 bridgehead atoms. The number of rotatable bonds is 2. The Kier molecular flexibility index (Phi) is 5.50. The molecule has 1 aliphatic carbocycles. The van der Waals surface area contributed by atoms with Gasteiger partial charge in [0.25, 0.3) is 0 Å². The van der Waals surface area contributed by atoms with Crippen LogP contribution in [0, 0.1) is 17.8 Å². The lowest BCUT2D eigenvalue weighted by Crippen LogP contribution is -2.48. The topological polar surface area (TPSA) is 15.3 Å². The first-order valence-corrected chi connectivity index (χ1v) is 8.11. The van der Waals surface area contributed by atoms with Crippen LogP contribution < -0.4 is 5.32 Å². The molecule has 3 atom stereocenters. The number of nitrogens with one attached hydrogen (secondary N) is 1. The molecule has 18 heavy (non-hydrogen) atoms. The van der Waals surface area contributed by atoms with E-state index in [0.717, 1.165) is 23.8 Å². The van der Waals surface area contributed by atoms with Crippen LogP contribution in [0.25, 0.3) is 0 Å². The molecule has 0 aromatic rings. The van der Waals surface area contributed by atoms with Crippen molar-refractivity contribution in [2.24, 2.45) is 17.8 Å². The third-order valence-corrected chi connectivity index (χ3v) is 4.99. The molecule has 1 aliphatic heterocycles. The van der Waals surface area contributed by atoms with Gasteiger partial charge in [0.2, 0.25) is 0 Å². The SMILES string of the molecule is CC1CNCC(C)CN(C(C)C2CCCCC2)C1. The minimum atomic E-state index is 0.795. The first-order valence-electron chi connectivity index (χ1n) is 8.11. The van der Waals surface area contributed by atoms with Crippen molar-refractivity contribution in [3.63, 3.8) is 0 Å². The molecule has 2 fully saturated rings. The molecule has 2 aliphatic rings. The van der Waals surface area contributed by atoms with Gasteiger partial charge in [-0.05, 0) is 50.6 Å².